The first-order valence-corrected chi connectivity index (χ1v) is 9.23. The lowest BCUT2D eigenvalue weighted by Gasteiger charge is -2.14. The molecule has 2 rings (SSSR count). The van der Waals surface area contributed by atoms with E-state index in [1.807, 2.05) is 20.8 Å². The number of alkyl halides is 3. The van der Waals surface area contributed by atoms with E-state index in [1.54, 1.807) is 11.3 Å². The quantitative estimate of drug-likeness (QED) is 0.246. The molecule has 0 aliphatic carbocycles. The van der Waals surface area contributed by atoms with E-state index < -0.39 is 17.6 Å². The molecular formula is C17H23F3IN5OS. The van der Waals surface area contributed by atoms with Crippen LogP contribution in [0.5, 0.6) is 5.88 Å². The van der Waals surface area contributed by atoms with Crippen LogP contribution in [0.3, 0.4) is 0 Å². The normalized spacial score (nSPS) is 11.7. The number of aliphatic imine (C=N–C) groups is 1. The van der Waals surface area contributed by atoms with Crippen molar-refractivity contribution in [2.24, 2.45) is 4.99 Å². The zero-order valence-corrected chi connectivity index (χ0v) is 18.9. The minimum absolute atomic E-state index is 0. The lowest BCUT2D eigenvalue weighted by Crippen LogP contribution is -2.39. The van der Waals surface area contributed by atoms with Gasteiger partial charge in [0, 0.05) is 17.6 Å². The monoisotopic (exact) mass is 529 g/mol. The summed E-state index contributed by atoms with van der Waals surface area (Å²) < 4.78 is 43.9. The molecule has 0 aliphatic heterocycles. The van der Waals surface area contributed by atoms with Gasteiger partial charge < -0.3 is 15.4 Å². The van der Waals surface area contributed by atoms with E-state index in [0.717, 1.165) is 21.6 Å². The average Bonchev–Trinajstić information content (AvgIpc) is 2.93. The van der Waals surface area contributed by atoms with Crippen molar-refractivity contribution in [2.75, 3.05) is 19.7 Å². The second-order valence-electron chi connectivity index (χ2n) is 5.57. The summed E-state index contributed by atoms with van der Waals surface area (Å²) in [6.45, 7) is 7.24. The fraction of sp³-hybridized carbons (Fsp3) is 0.471. The third-order valence-corrected chi connectivity index (χ3v) is 4.49. The summed E-state index contributed by atoms with van der Waals surface area (Å²) in [7, 11) is 0. The standard InChI is InChI=1S/C17H22F3N5OS.HI/c1-4-21-16(24-10-14-11(2)25-12(3)27-14)23-8-9-26-15-13(17(18,19)20)6-5-7-22-15;/h5-7H,4,8-10H2,1-3H3,(H2,21,23,24);1H. The average molecular weight is 529 g/mol. The third-order valence-electron chi connectivity index (χ3n) is 3.43. The van der Waals surface area contributed by atoms with Crippen LogP contribution in [-0.4, -0.2) is 35.6 Å². The number of hydrogen-bond donors (Lipinski definition) is 2. The Kier molecular flexibility index (Phi) is 9.93. The number of pyridine rings is 1. The second kappa shape index (κ2) is 11.4. The van der Waals surface area contributed by atoms with Crippen molar-refractivity contribution in [3.63, 3.8) is 0 Å². The minimum atomic E-state index is -4.50. The number of nitrogens with zero attached hydrogens (tertiary/aromatic N) is 3. The van der Waals surface area contributed by atoms with Gasteiger partial charge in [0.25, 0.3) is 0 Å². The maximum Gasteiger partial charge on any atom is 0.421 e. The zero-order valence-electron chi connectivity index (χ0n) is 15.8. The topological polar surface area (TPSA) is 71.4 Å². The van der Waals surface area contributed by atoms with Crippen molar-refractivity contribution in [2.45, 2.75) is 33.5 Å². The molecule has 28 heavy (non-hydrogen) atoms. The van der Waals surface area contributed by atoms with Gasteiger partial charge in [-0.15, -0.1) is 35.3 Å². The molecule has 11 heteroatoms. The summed E-state index contributed by atoms with van der Waals surface area (Å²) in [5.74, 6) is 0.133. The summed E-state index contributed by atoms with van der Waals surface area (Å²) >= 11 is 1.59. The number of aromatic nitrogens is 2. The molecule has 0 aliphatic rings. The van der Waals surface area contributed by atoms with Gasteiger partial charge in [-0.1, -0.05) is 0 Å². The van der Waals surface area contributed by atoms with E-state index >= 15 is 0 Å². The molecule has 2 heterocycles. The number of nitrogens with one attached hydrogen (secondary N) is 2. The number of aryl methyl sites for hydroxylation is 2. The molecule has 0 saturated carbocycles. The molecule has 0 amide bonds. The summed E-state index contributed by atoms with van der Waals surface area (Å²) in [5.41, 5.74) is 0.0666. The minimum Gasteiger partial charge on any atom is -0.475 e. The van der Waals surface area contributed by atoms with Gasteiger partial charge in [0.15, 0.2) is 5.96 Å². The van der Waals surface area contributed by atoms with Gasteiger partial charge >= 0.3 is 6.18 Å². The van der Waals surface area contributed by atoms with Crippen molar-refractivity contribution in [1.82, 2.24) is 20.6 Å². The SMILES string of the molecule is CCNC(=NCc1sc(C)nc1C)NCCOc1ncccc1C(F)(F)F.I. The van der Waals surface area contributed by atoms with Crippen molar-refractivity contribution in [1.29, 1.82) is 0 Å². The maximum atomic E-state index is 12.9. The summed E-state index contributed by atoms with van der Waals surface area (Å²) in [6, 6.07) is 2.17. The predicted octanol–water partition coefficient (Wildman–Crippen LogP) is 3.93. The van der Waals surface area contributed by atoms with Gasteiger partial charge in [0.05, 0.1) is 23.8 Å². The van der Waals surface area contributed by atoms with Crippen molar-refractivity contribution in [3.8, 4) is 5.88 Å². The van der Waals surface area contributed by atoms with Gasteiger partial charge in [-0.3, -0.25) is 0 Å². The first-order valence-electron chi connectivity index (χ1n) is 8.41. The van der Waals surface area contributed by atoms with E-state index in [1.165, 1.54) is 12.3 Å². The smallest absolute Gasteiger partial charge is 0.421 e. The number of rotatable bonds is 7. The second-order valence-corrected chi connectivity index (χ2v) is 6.85. The number of thiazole rings is 1. The largest absolute Gasteiger partial charge is 0.475 e. The van der Waals surface area contributed by atoms with Crippen LogP contribution in [0, 0.1) is 13.8 Å². The van der Waals surface area contributed by atoms with Crippen LogP contribution < -0.4 is 15.4 Å². The zero-order chi connectivity index (χ0) is 19.9. The highest BCUT2D eigenvalue weighted by molar-refractivity contribution is 14.0. The molecule has 0 fully saturated rings. The third kappa shape index (κ3) is 7.41. The molecule has 2 aromatic heterocycles. The molecule has 0 atom stereocenters. The molecule has 6 nitrogen and oxygen atoms in total. The molecule has 0 aromatic carbocycles. The van der Waals surface area contributed by atoms with Crippen molar-refractivity contribution >= 4 is 41.3 Å². The molecule has 2 N–H and O–H groups in total. The first-order chi connectivity index (χ1) is 12.8. The molecular weight excluding hydrogens is 506 g/mol. The molecule has 0 bridgehead atoms. The highest BCUT2D eigenvalue weighted by atomic mass is 127. The maximum absolute atomic E-state index is 12.9. The van der Waals surface area contributed by atoms with Crippen LogP contribution in [0.15, 0.2) is 23.3 Å². The van der Waals surface area contributed by atoms with Gasteiger partial charge in [0.2, 0.25) is 5.88 Å². The Morgan fingerprint density at radius 2 is 2.04 bits per heavy atom. The number of ether oxygens (including phenoxy) is 1. The molecule has 0 radical (unpaired) electrons. The Morgan fingerprint density at radius 1 is 1.29 bits per heavy atom. The van der Waals surface area contributed by atoms with Crippen LogP contribution in [0.4, 0.5) is 13.2 Å². The van der Waals surface area contributed by atoms with Crippen LogP contribution in [-0.2, 0) is 12.7 Å². The highest BCUT2D eigenvalue weighted by Crippen LogP contribution is 2.34. The number of hydrogen-bond acceptors (Lipinski definition) is 5. The highest BCUT2D eigenvalue weighted by Gasteiger charge is 2.34. The molecule has 0 spiro atoms. The van der Waals surface area contributed by atoms with Gasteiger partial charge in [-0.25, -0.2) is 15.0 Å². The van der Waals surface area contributed by atoms with Crippen LogP contribution in [0.25, 0.3) is 0 Å². The Balaban J connectivity index is 0.00000392. The van der Waals surface area contributed by atoms with E-state index in [2.05, 4.69) is 25.6 Å². The lowest BCUT2D eigenvalue weighted by molar-refractivity contribution is -0.139. The Labute approximate surface area is 183 Å². The van der Waals surface area contributed by atoms with E-state index in [0.29, 0.717) is 19.0 Å². The first kappa shape index (κ1) is 24.4. The van der Waals surface area contributed by atoms with Crippen LogP contribution in [0.1, 0.15) is 28.1 Å². The van der Waals surface area contributed by atoms with Crippen LogP contribution >= 0.6 is 35.3 Å². The summed E-state index contributed by atoms with van der Waals surface area (Å²) in [6.07, 6.45) is -3.24. The van der Waals surface area contributed by atoms with E-state index in [9.17, 15) is 13.2 Å². The van der Waals surface area contributed by atoms with Gasteiger partial charge in [0.1, 0.15) is 12.2 Å². The fourth-order valence-electron chi connectivity index (χ4n) is 2.25. The molecule has 2 aromatic rings. The summed E-state index contributed by atoms with van der Waals surface area (Å²) in [4.78, 5) is 13.6. The van der Waals surface area contributed by atoms with E-state index in [4.69, 9.17) is 4.74 Å². The Morgan fingerprint density at radius 3 is 2.64 bits per heavy atom. The summed E-state index contributed by atoms with van der Waals surface area (Å²) in [5, 5.41) is 7.11. The Bertz CT molecular complexity index is 782. The Hall–Kier alpha value is -1.63. The molecule has 0 unspecified atom stereocenters. The number of halogens is 4. The van der Waals surface area contributed by atoms with Crippen molar-refractivity contribution in [3.05, 3.63) is 39.5 Å². The molecule has 0 saturated heterocycles. The van der Waals surface area contributed by atoms with Crippen LogP contribution in [0.2, 0.25) is 0 Å². The van der Waals surface area contributed by atoms with Gasteiger partial charge in [-0.05, 0) is 32.9 Å². The fourth-order valence-corrected chi connectivity index (χ4v) is 3.11. The number of guanidine groups is 1. The van der Waals surface area contributed by atoms with Crippen molar-refractivity contribution < 1.29 is 17.9 Å². The molecule has 156 valence electrons. The van der Waals surface area contributed by atoms with E-state index in [-0.39, 0.29) is 37.1 Å². The lowest BCUT2D eigenvalue weighted by atomic mass is 10.2. The van der Waals surface area contributed by atoms with Gasteiger partial charge in [-0.2, -0.15) is 13.2 Å². The predicted molar refractivity (Wildman–Crippen MR) is 115 cm³/mol.